The second-order valence-corrected chi connectivity index (χ2v) is 12.2. The van der Waals surface area contributed by atoms with Crippen molar-refractivity contribution in [1.29, 1.82) is 0 Å². The maximum atomic E-state index is 6.55. The van der Waals surface area contributed by atoms with Gasteiger partial charge < -0.3 is 4.42 Å². The fourth-order valence-corrected chi connectivity index (χ4v) is 7.22. The third-order valence-corrected chi connectivity index (χ3v) is 9.40. The third kappa shape index (κ3) is 4.33. The van der Waals surface area contributed by atoms with E-state index in [-0.39, 0.29) is 0 Å². The molecule has 0 spiro atoms. The molecule has 0 saturated carbocycles. The summed E-state index contributed by atoms with van der Waals surface area (Å²) in [5.41, 5.74) is 9.15. The van der Waals surface area contributed by atoms with E-state index in [4.69, 9.17) is 14.4 Å². The summed E-state index contributed by atoms with van der Waals surface area (Å²) in [7, 11) is 0. The Hall–Kier alpha value is -6.72. The highest BCUT2D eigenvalue weighted by atomic mass is 16.4. The first kappa shape index (κ1) is 27.4. The van der Waals surface area contributed by atoms with Gasteiger partial charge in [-0.1, -0.05) is 127 Å². The van der Waals surface area contributed by atoms with Crippen LogP contribution >= 0.6 is 0 Å². The topological polar surface area (TPSA) is 48.8 Å². The molecule has 0 saturated heterocycles. The minimum atomic E-state index is 0.632. The van der Waals surface area contributed by atoms with Crippen molar-refractivity contribution in [3.63, 3.8) is 0 Å². The Morgan fingerprint density at radius 3 is 1.43 bits per heavy atom. The van der Waals surface area contributed by atoms with Crippen LogP contribution in [-0.2, 0) is 0 Å². The largest absolute Gasteiger partial charge is 0.440 e. The maximum absolute atomic E-state index is 6.55. The molecule has 0 aliphatic carbocycles. The molecule has 5 heteroatoms. The van der Waals surface area contributed by atoms with E-state index in [1.54, 1.807) is 0 Å². The lowest BCUT2D eigenvalue weighted by Crippen LogP contribution is -2.04. The predicted molar refractivity (Wildman–Crippen MR) is 199 cm³/mol. The van der Waals surface area contributed by atoms with E-state index in [0.717, 1.165) is 77.9 Å². The standard InChI is InChI=1S/C44H28N4O/c1-4-14-29(15-5-1)34-28-35(30-16-6-2-7-17-30)46-44(45-34)48-37-23-13-11-21-33(37)43-39(48)25-24-38-42(43)32-20-10-12-22-36(32)47(38)41-27-26-40(49-41)31-18-8-3-9-19-31/h1-28H. The molecule has 10 aromatic rings. The molecule has 0 aliphatic rings. The predicted octanol–water partition coefficient (Wildman–Crippen LogP) is 11.3. The van der Waals surface area contributed by atoms with Crippen LogP contribution in [0.2, 0.25) is 0 Å². The number of nitrogens with zero attached hydrogens (tertiary/aromatic N) is 4. The molecule has 0 atom stereocenters. The van der Waals surface area contributed by atoms with E-state index in [1.165, 1.54) is 5.39 Å². The zero-order valence-corrected chi connectivity index (χ0v) is 26.4. The van der Waals surface area contributed by atoms with Gasteiger partial charge >= 0.3 is 0 Å². The van der Waals surface area contributed by atoms with Crippen molar-refractivity contribution in [2.45, 2.75) is 0 Å². The highest BCUT2D eigenvalue weighted by Crippen LogP contribution is 2.42. The first-order valence-electron chi connectivity index (χ1n) is 16.4. The Morgan fingerprint density at radius 1 is 0.388 bits per heavy atom. The summed E-state index contributed by atoms with van der Waals surface area (Å²) in [5, 5.41) is 4.63. The van der Waals surface area contributed by atoms with Gasteiger partial charge in [0.05, 0.1) is 33.5 Å². The number of furan rings is 1. The first-order chi connectivity index (χ1) is 24.3. The molecule has 4 aromatic heterocycles. The average Bonchev–Trinajstić information content (AvgIpc) is 3.88. The summed E-state index contributed by atoms with van der Waals surface area (Å²) in [6, 6.07) is 58.7. The minimum absolute atomic E-state index is 0.632. The van der Waals surface area contributed by atoms with Crippen LogP contribution < -0.4 is 0 Å². The smallest absolute Gasteiger partial charge is 0.235 e. The number of rotatable bonds is 5. The van der Waals surface area contributed by atoms with Crippen molar-refractivity contribution in [1.82, 2.24) is 19.1 Å². The summed E-state index contributed by atoms with van der Waals surface area (Å²) in [6.45, 7) is 0. The molecule has 0 radical (unpaired) electrons. The molecule has 6 aromatic carbocycles. The Morgan fingerprint density at radius 2 is 0.857 bits per heavy atom. The van der Waals surface area contributed by atoms with Crippen LogP contribution in [0.25, 0.3) is 89.3 Å². The van der Waals surface area contributed by atoms with Gasteiger partial charge in [-0.2, -0.15) is 0 Å². The number of fused-ring (bicyclic) bond motifs is 7. The van der Waals surface area contributed by atoms with Crippen LogP contribution in [-0.4, -0.2) is 19.1 Å². The average molecular weight is 629 g/mol. The molecule has 5 nitrogen and oxygen atoms in total. The van der Waals surface area contributed by atoms with Gasteiger partial charge in [-0.3, -0.25) is 9.13 Å². The van der Waals surface area contributed by atoms with Crippen molar-refractivity contribution in [2.75, 3.05) is 0 Å². The third-order valence-electron chi connectivity index (χ3n) is 9.40. The molecule has 0 fully saturated rings. The number of aromatic nitrogens is 4. The van der Waals surface area contributed by atoms with E-state index >= 15 is 0 Å². The van der Waals surface area contributed by atoms with E-state index in [1.807, 2.05) is 54.6 Å². The summed E-state index contributed by atoms with van der Waals surface area (Å²) in [6.07, 6.45) is 0. The van der Waals surface area contributed by atoms with E-state index in [2.05, 4.69) is 124 Å². The molecule has 4 heterocycles. The van der Waals surface area contributed by atoms with Gasteiger partial charge in [-0.05, 0) is 36.4 Å². The zero-order valence-electron chi connectivity index (χ0n) is 26.4. The van der Waals surface area contributed by atoms with Crippen LogP contribution in [0, 0.1) is 0 Å². The number of hydrogen-bond donors (Lipinski definition) is 0. The highest BCUT2D eigenvalue weighted by molar-refractivity contribution is 6.28. The van der Waals surface area contributed by atoms with Crippen LogP contribution in [0.5, 0.6) is 0 Å². The minimum Gasteiger partial charge on any atom is -0.440 e. The van der Waals surface area contributed by atoms with Gasteiger partial charge in [0.2, 0.25) is 11.8 Å². The molecule has 10 rings (SSSR count). The lowest BCUT2D eigenvalue weighted by atomic mass is 10.1. The summed E-state index contributed by atoms with van der Waals surface area (Å²) >= 11 is 0. The summed E-state index contributed by atoms with van der Waals surface area (Å²) in [5.74, 6) is 2.25. The van der Waals surface area contributed by atoms with Crippen molar-refractivity contribution >= 4 is 43.6 Å². The molecule has 0 bridgehead atoms. The van der Waals surface area contributed by atoms with Crippen LogP contribution in [0.4, 0.5) is 0 Å². The van der Waals surface area contributed by atoms with E-state index in [0.29, 0.717) is 5.95 Å². The van der Waals surface area contributed by atoms with Gasteiger partial charge in [0.25, 0.3) is 0 Å². The van der Waals surface area contributed by atoms with Gasteiger partial charge in [0.1, 0.15) is 5.76 Å². The number of benzene rings is 6. The van der Waals surface area contributed by atoms with Crippen LogP contribution in [0.15, 0.2) is 174 Å². The molecular weight excluding hydrogens is 601 g/mol. The fourth-order valence-electron chi connectivity index (χ4n) is 7.22. The van der Waals surface area contributed by atoms with Crippen molar-refractivity contribution in [3.05, 3.63) is 170 Å². The number of para-hydroxylation sites is 2. The highest BCUT2D eigenvalue weighted by Gasteiger charge is 2.23. The van der Waals surface area contributed by atoms with Crippen molar-refractivity contribution < 1.29 is 4.42 Å². The Balaban J connectivity index is 1.27. The Labute approximate surface area is 282 Å². The normalized spacial score (nSPS) is 11.7. The molecule has 0 N–H and O–H groups in total. The quantitative estimate of drug-likeness (QED) is 0.191. The lowest BCUT2D eigenvalue weighted by molar-refractivity contribution is 0.560. The van der Waals surface area contributed by atoms with Gasteiger partial charge in [-0.25, -0.2) is 9.97 Å². The van der Waals surface area contributed by atoms with Gasteiger partial charge in [-0.15, -0.1) is 0 Å². The molecular formula is C44H28N4O. The molecule has 0 amide bonds. The molecule has 0 unspecified atom stereocenters. The van der Waals surface area contributed by atoms with Gasteiger partial charge in [0.15, 0.2) is 0 Å². The maximum Gasteiger partial charge on any atom is 0.235 e. The van der Waals surface area contributed by atoms with Crippen molar-refractivity contribution in [2.24, 2.45) is 0 Å². The second-order valence-electron chi connectivity index (χ2n) is 12.2. The Bertz CT molecular complexity index is 2750. The first-order valence-corrected chi connectivity index (χ1v) is 16.4. The molecule has 230 valence electrons. The van der Waals surface area contributed by atoms with Gasteiger partial charge in [0, 0.05) is 44.3 Å². The molecule has 0 aliphatic heterocycles. The monoisotopic (exact) mass is 628 g/mol. The molecule has 49 heavy (non-hydrogen) atoms. The van der Waals surface area contributed by atoms with Crippen LogP contribution in [0.3, 0.4) is 0 Å². The second kappa shape index (κ2) is 10.9. The SMILES string of the molecule is c1ccc(-c2cc(-c3ccccc3)nc(-n3c4ccccc4c4c5c6ccccc6n(-c6ccc(-c7ccccc7)o6)c5ccc43)n2)cc1. The lowest BCUT2D eigenvalue weighted by Gasteiger charge is -2.12. The van der Waals surface area contributed by atoms with E-state index in [9.17, 15) is 0 Å². The fraction of sp³-hybridized carbons (Fsp3) is 0. The van der Waals surface area contributed by atoms with Crippen molar-refractivity contribution in [3.8, 4) is 45.7 Å². The summed E-state index contributed by atoms with van der Waals surface area (Å²) in [4.78, 5) is 10.5. The van der Waals surface area contributed by atoms with E-state index < -0.39 is 0 Å². The Kier molecular flexibility index (Phi) is 6.11. The zero-order chi connectivity index (χ0) is 32.3. The number of hydrogen-bond acceptors (Lipinski definition) is 3. The van der Waals surface area contributed by atoms with Crippen LogP contribution in [0.1, 0.15) is 0 Å². The summed E-state index contributed by atoms with van der Waals surface area (Å²) < 4.78 is 11.0.